The Hall–Kier alpha value is -2.63. The Labute approximate surface area is 146 Å². The maximum absolute atomic E-state index is 12.7. The van der Waals surface area contributed by atoms with Crippen molar-refractivity contribution in [3.63, 3.8) is 0 Å². The van der Waals surface area contributed by atoms with Gasteiger partial charge in [-0.3, -0.25) is 14.5 Å². The number of hydrogen-bond donors (Lipinski definition) is 2. The number of urea groups is 1. The van der Waals surface area contributed by atoms with Gasteiger partial charge < -0.3 is 10.6 Å². The van der Waals surface area contributed by atoms with E-state index in [4.69, 9.17) is 0 Å². The zero-order valence-electron chi connectivity index (χ0n) is 14.2. The molecule has 2 aliphatic carbocycles. The van der Waals surface area contributed by atoms with Gasteiger partial charge in [0.25, 0.3) is 0 Å². The van der Waals surface area contributed by atoms with E-state index in [0.717, 1.165) is 12.0 Å². The third kappa shape index (κ3) is 2.44. The van der Waals surface area contributed by atoms with Crippen molar-refractivity contribution in [2.45, 2.75) is 26.4 Å². The van der Waals surface area contributed by atoms with Gasteiger partial charge in [-0.2, -0.15) is 0 Å². The van der Waals surface area contributed by atoms with Crippen molar-refractivity contribution in [2.75, 3.05) is 5.32 Å². The average Bonchev–Trinajstić information content (AvgIpc) is 3.23. The van der Waals surface area contributed by atoms with Gasteiger partial charge in [0, 0.05) is 5.69 Å². The van der Waals surface area contributed by atoms with Gasteiger partial charge in [-0.05, 0) is 43.7 Å². The number of aryl methyl sites for hydroxylation is 1. The number of fused-ring (bicyclic) bond motifs is 5. The first-order valence-corrected chi connectivity index (χ1v) is 8.66. The van der Waals surface area contributed by atoms with Gasteiger partial charge in [-0.15, -0.1) is 0 Å². The number of likely N-dealkylation sites (tertiary alicyclic amines) is 1. The number of anilines is 1. The predicted octanol–water partition coefficient (Wildman–Crippen LogP) is 2.27. The summed E-state index contributed by atoms with van der Waals surface area (Å²) in [6.07, 6.45) is 4.34. The summed E-state index contributed by atoms with van der Waals surface area (Å²) in [5, 5.41) is 5.47. The molecule has 4 amide bonds. The normalized spacial score (nSPS) is 30.6. The van der Waals surface area contributed by atoms with E-state index in [9.17, 15) is 14.4 Å². The monoisotopic (exact) mass is 339 g/mol. The van der Waals surface area contributed by atoms with Crippen LogP contribution in [0.1, 0.15) is 18.9 Å². The second-order valence-electron chi connectivity index (χ2n) is 7.14. The molecule has 1 saturated heterocycles. The Kier molecular flexibility index (Phi) is 3.63. The van der Waals surface area contributed by atoms with Crippen molar-refractivity contribution in [1.82, 2.24) is 10.2 Å². The molecule has 0 spiro atoms. The second kappa shape index (κ2) is 5.72. The van der Waals surface area contributed by atoms with Crippen LogP contribution >= 0.6 is 0 Å². The maximum Gasteiger partial charge on any atom is 0.320 e. The van der Waals surface area contributed by atoms with E-state index in [1.54, 1.807) is 13.0 Å². The molecule has 1 aromatic carbocycles. The van der Waals surface area contributed by atoms with Gasteiger partial charge >= 0.3 is 6.03 Å². The number of hydrogen-bond acceptors (Lipinski definition) is 3. The van der Waals surface area contributed by atoms with Crippen LogP contribution in [-0.2, 0) is 9.59 Å². The lowest BCUT2D eigenvalue weighted by molar-refractivity contribution is -0.143. The molecule has 1 heterocycles. The lowest BCUT2D eigenvalue weighted by Gasteiger charge is -2.25. The first kappa shape index (κ1) is 15.9. The Morgan fingerprint density at radius 2 is 1.72 bits per heavy atom. The second-order valence-corrected chi connectivity index (χ2v) is 7.14. The summed E-state index contributed by atoms with van der Waals surface area (Å²) >= 11 is 0. The largest absolute Gasteiger partial charge is 0.320 e. The molecule has 130 valence electrons. The predicted molar refractivity (Wildman–Crippen MR) is 92.4 cm³/mol. The molecule has 0 radical (unpaired) electrons. The fourth-order valence-electron chi connectivity index (χ4n) is 4.43. The zero-order valence-corrected chi connectivity index (χ0v) is 14.2. The van der Waals surface area contributed by atoms with Crippen LogP contribution in [0.25, 0.3) is 0 Å². The van der Waals surface area contributed by atoms with Crippen LogP contribution in [0.15, 0.2) is 36.4 Å². The summed E-state index contributed by atoms with van der Waals surface area (Å²) in [6, 6.07) is 7.00. The SMILES string of the molecule is Cc1ccccc1NC(=O)NC(C)N1C(=O)C2C3C=CC(C3)C2C1=O. The average molecular weight is 339 g/mol. The first-order valence-electron chi connectivity index (χ1n) is 8.66. The summed E-state index contributed by atoms with van der Waals surface area (Å²) in [4.78, 5) is 38.9. The van der Waals surface area contributed by atoms with Gasteiger partial charge in [0.15, 0.2) is 0 Å². The quantitative estimate of drug-likeness (QED) is 0.655. The number of nitrogens with zero attached hydrogens (tertiary/aromatic N) is 1. The standard InChI is InChI=1S/C19H21N3O3/c1-10-5-3-4-6-14(10)21-19(25)20-11(2)22-17(23)15-12-7-8-13(9-12)16(15)18(22)24/h3-8,11-13,15-16H,9H2,1-2H3,(H2,20,21,25). The first-order chi connectivity index (χ1) is 12.0. The number of carbonyl (C=O) groups is 3. The Bertz CT molecular complexity index is 758. The fraction of sp³-hybridized carbons (Fsp3) is 0.421. The van der Waals surface area contributed by atoms with Crippen LogP contribution in [0.2, 0.25) is 0 Å². The van der Waals surface area contributed by atoms with Crippen molar-refractivity contribution in [3.8, 4) is 0 Å². The van der Waals surface area contributed by atoms with Gasteiger partial charge in [0.1, 0.15) is 6.17 Å². The summed E-state index contributed by atoms with van der Waals surface area (Å²) in [6.45, 7) is 3.57. The Balaban J connectivity index is 1.44. The van der Waals surface area contributed by atoms with E-state index in [0.29, 0.717) is 5.69 Å². The summed E-state index contributed by atoms with van der Waals surface area (Å²) in [5.74, 6) is -0.461. The molecule has 25 heavy (non-hydrogen) atoms. The zero-order chi connectivity index (χ0) is 17.7. The maximum atomic E-state index is 12.7. The van der Waals surface area contributed by atoms with Crippen LogP contribution in [0.3, 0.4) is 0 Å². The number of nitrogens with one attached hydrogen (secondary N) is 2. The molecule has 2 bridgehead atoms. The number of amides is 4. The lowest BCUT2D eigenvalue weighted by atomic mass is 9.85. The van der Waals surface area contributed by atoms with Gasteiger partial charge in [0.05, 0.1) is 11.8 Å². The number of imide groups is 1. The minimum Gasteiger partial charge on any atom is -0.317 e. The highest BCUT2D eigenvalue weighted by molar-refractivity contribution is 6.07. The van der Waals surface area contributed by atoms with Crippen molar-refractivity contribution < 1.29 is 14.4 Å². The molecule has 3 aliphatic rings. The number of allylic oxidation sites excluding steroid dienone is 2. The highest BCUT2D eigenvalue weighted by atomic mass is 16.2. The number of para-hydroxylation sites is 1. The van der Waals surface area contributed by atoms with Crippen molar-refractivity contribution in [2.24, 2.45) is 23.7 Å². The van der Waals surface area contributed by atoms with E-state index in [1.165, 1.54) is 4.90 Å². The minimum absolute atomic E-state index is 0.157. The molecular formula is C19H21N3O3. The molecule has 5 atom stereocenters. The van der Waals surface area contributed by atoms with E-state index >= 15 is 0 Å². The lowest BCUT2D eigenvalue weighted by Crippen LogP contribution is -2.51. The molecule has 1 aromatic rings. The number of carbonyl (C=O) groups excluding carboxylic acids is 3. The highest BCUT2D eigenvalue weighted by Crippen LogP contribution is 2.52. The molecule has 1 saturated carbocycles. The van der Waals surface area contributed by atoms with Crippen LogP contribution in [0, 0.1) is 30.6 Å². The molecule has 4 rings (SSSR count). The molecule has 6 heteroatoms. The van der Waals surface area contributed by atoms with Crippen LogP contribution < -0.4 is 10.6 Å². The molecule has 2 N–H and O–H groups in total. The Morgan fingerprint density at radius 1 is 1.12 bits per heavy atom. The smallest absolute Gasteiger partial charge is 0.317 e. The summed E-state index contributed by atoms with van der Waals surface area (Å²) < 4.78 is 0. The molecule has 0 aromatic heterocycles. The van der Waals surface area contributed by atoms with Crippen molar-refractivity contribution in [1.29, 1.82) is 0 Å². The highest BCUT2D eigenvalue weighted by Gasteiger charge is 2.60. The van der Waals surface area contributed by atoms with E-state index in [-0.39, 0.29) is 35.5 Å². The fourth-order valence-corrected chi connectivity index (χ4v) is 4.43. The van der Waals surface area contributed by atoms with Crippen molar-refractivity contribution in [3.05, 3.63) is 42.0 Å². The van der Waals surface area contributed by atoms with Crippen LogP contribution in [0.4, 0.5) is 10.5 Å². The third-order valence-electron chi connectivity index (χ3n) is 5.62. The molecular weight excluding hydrogens is 318 g/mol. The van der Waals surface area contributed by atoms with Crippen molar-refractivity contribution >= 4 is 23.5 Å². The van der Waals surface area contributed by atoms with Gasteiger partial charge in [0.2, 0.25) is 11.8 Å². The van der Waals surface area contributed by atoms with E-state index in [2.05, 4.69) is 22.8 Å². The molecule has 6 nitrogen and oxygen atoms in total. The molecule has 1 aliphatic heterocycles. The van der Waals surface area contributed by atoms with Gasteiger partial charge in [-0.1, -0.05) is 30.4 Å². The summed E-state index contributed by atoms with van der Waals surface area (Å²) in [7, 11) is 0. The summed E-state index contributed by atoms with van der Waals surface area (Å²) in [5.41, 5.74) is 1.64. The molecule has 2 fully saturated rings. The molecule has 5 unspecified atom stereocenters. The third-order valence-corrected chi connectivity index (χ3v) is 5.62. The van der Waals surface area contributed by atoms with Crippen LogP contribution in [-0.4, -0.2) is 28.9 Å². The van der Waals surface area contributed by atoms with Crippen LogP contribution in [0.5, 0.6) is 0 Å². The van der Waals surface area contributed by atoms with E-state index in [1.807, 2.05) is 25.1 Å². The Morgan fingerprint density at radius 3 is 2.32 bits per heavy atom. The van der Waals surface area contributed by atoms with E-state index < -0.39 is 12.2 Å². The topological polar surface area (TPSA) is 78.5 Å². The van der Waals surface area contributed by atoms with Gasteiger partial charge in [-0.25, -0.2) is 4.79 Å². The number of benzene rings is 1. The minimum atomic E-state index is -0.672. The number of rotatable bonds is 3.